The average Bonchev–Trinajstić information content (AvgIpc) is 3.29. The van der Waals surface area contributed by atoms with Crippen molar-refractivity contribution in [3.05, 3.63) is 76.3 Å². The first kappa shape index (κ1) is 16.4. The lowest BCUT2D eigenvalue weighted by Crippen LogP contribution is -2.35. The van der Waals surface area contributed by atoms with Gasteiger partial charge in [0, 0.05) is 17.5 Å². The quantitative estimate of drug-likeness (QED) is 0.717. The van der Waals surface area contributed by atoms with E-state index in [-0.39, 0.29) is 18.9 Å². The molecule has 0 radical (unpaired) electrons. The van der Waals surface area contributed by atoms with Crippen molar-refractivity contribution < 1.29 is 14.4 Å². The molecule has 124 valence electrons. The third-order valence-electron chi connectivity index (χ3n) is 3.66. The summed E-state index contributed by atoms with van der Waals surface area (Å²) in [7, 11) is 0. The first-order valence-electron chi connectivity index (χ1n) is 7.65. The Balaban J connectivity index is 1.73. The smallest absolute Gasteiger partial charge is 0.229 e. The number of thiophene rings is 1. The molecule has 0 aliphatic carbocycles. The Labute approximate surface area is 144 Å². The summed E-state index contributed by atoms with van der Waals surface area (Å²) in [5.74, 6) is -0.0941. The highest BCUT2D eigenvalue weighted by Gasteiger charge is 2.20. The Kier molecular flexibility index (Phi) is 5.40. The first-order valence-corrected chi connectivity index (χ1v) is 8.53. The molecule has 24 heavy (non-hydrogen) atoms. The van der Waals surface area contributed by atoms with E-state index in [0.29, 0.717) is 12.2 Å². The topological polar surface area (TPSA) is 66.6 Å². The average molecular weight is 342 g/mol. The number of benzene rings is 1. The molecule has 1 atom stereocenters. The SMILES string of the molecule is O=C(Cc1ccon1)N(Cc1ccccc1)CC(O)c1cccs1. The van der Waals surface area contributed by atoms with Crippen molar-refractivity contribution in [2.45, 2.75) is 19.1 Å². The summed E-state index contributed by atoms with van der Waals surface area (Å²) in [5.41, 5.74) is 1.60. The number of aromatic nitrogens is 1. The van der Waals surface area contributed by atoms with Crippen LogP contribution >= 0.6 is 11.3 Å². The molecule has 1 N–H and O–H groups in total. The molecular weight excluding hydrogens is 324 g/mol. The van der Waals surface area contributed by atoms with Crippen LogP contribution in [0.25, 0.3) is 0 Å². The maximum atomic E-state index is 12.7. The molecule has 0 bridgehead atoms. The molecule has 6 heteroatoms. The van der Waals surface area contributed by atoms with E-state index in [9.17, 15) is 9.90 Å². The summed E-state index contributed by atoms with van der Waals surface area (Å²) in [5, 5.41) is 16.1. The van der Waals surface area contributed by atoms with E-state index in [4.69, 9.17) is 4.52 Å². The van der Waals surface area contributed by atoms with Gasteiger partial charge in [-0.25, -0.2) is 0 Å². The Morgan fingerprint density at radius 2 is 2.04 bits per heavy atom. The van der Waals surface area contributed by atoms with Gasteiger partial charge in [-0.05, 0) is 17.0 Å². The second kappa shape index (κ2) is 7.90. The second-order valence-corrected chi connectivity index (χ2v) is 6.44. The van der Waals surface area contributed by atoms with Crippen molar-refractivity contribution in [1.29, 1.82) is 0 Å². The van der Waals surface area contributed by atoms with Gasteiger partial charge in [0.1, 0.15) is 12.4 Å². The van der Waals surface area contributed by atoms with E-state index in [1.165, 1.54) is 17.6 Å². The van der Waals surface area contributed by atoms with Crippen molar-refractivity contribution in [3.8, 4) is 0 Å². The zero-order valence-corrected chi connectivity index (χ0v) is 13.9. The summed E-state index contributed by atoms with van der Waals surface area (Å²) in [6, 6.07) is 15.2. The first-order chi connectivity index (χ1) is 11.7. The Bertz CT molecular complexity index is 742. The highest BCUT2D eigenvalue weighted by Crippen LogP contribution is 2.21. The minimum atomic E-state index is -0.699. The van der Waals surface area contributed by atoms with Crippen molar-refractivity contribution >= 4 is 17.2 Å². The van der Waals surface area contributed by atoms with Crippen LogP contribution in [0, 0.1) is 0 Å². The Hall–Kier alpha value is -2.44. The van der Waals surface area contributed by atoms with Crippen molar-refractivity contribution in [3.63, 3.8) is 0 Å². The van der Waals surface area contributed by atoms with E-state index in [1.807, 2.05) is 47.8 Å². The molecule has 0 saturated heterocycles. The van der Waals surface area contributed by atoms with Crippen LogP contribution in [-0.4, -0.2) is 27.6 Å². The fourth-order valence-electron chi connectivity index (χ4n) is 2.43. The molecule has 1 unspecified atom stereocenters. The van der Waals surface area contributed by atoms with Crippen LogP contribution < -0.4 is 0 Å². The molecular formula is C18H18N2O3S. The molecule has 0 fully saturated rings. The number of nitrogens with zero attached hydrogens (tertiary/aromatic N) is 2. The fraction of sp³-hybridized carbons (Fsp3) is 0.222. The van der Waals surface area contributed by atoms with Crippen molar-refractivity contribution in [2.75, 3.05) is 6.54 Å². The largest absolute Gasteiger partial charge is 0.386 e. The molecule has 5 nitrogen and oxygen atoms in total. The predicted molar refractivity (Wildman–Crippen MR) is 91.3 cm³/mol. The Morgan fingerprint density at radius 3 is 2.71 bits per heavy atom. The molecule has 0 aliphatic rings. The monoisotopic (exact) mass is 342 g/mol. The number of rotatable bonds is 7. The van der Waals surface area contributed by atoms with Gasteiger partial charge in [-0.1, -0.05) is 41.6 Å². The van der Waals surface area contributed by atoms with E-state index >= 15 is 0 Å². The van der Waals surface area contributed by atoms with Crippen LogP contribution in [0.5, 0.6) is 0 Å². The minimum Gasteiger partial charge on any atom is -0.386 e. The summed E-state index contributed by atoms with van der Waals surface area (Å²) >= 11 is 1.48. The number of amides is 1. The van der Waals surface area contributed by atoms with E-state index in [0.717, 1.165) is 10.4 Å². The molecule has 1 amide bonds. The zero-order chi connectivity index (χ0) is 16.8. The summed E-state index contributed by atoms with van der Waals surface area (Å²) in [6.07, 6.45) is 0.903. The standard InChI is InChI=1S/C18H18N2O3S/c21-16(17-7-4-10-24-17)13-20(12-14-5-2-1-3-6-14)18(22)11-15-8-9-23-19-15/h1-10,16,21H,11-13H2. The van der Waals surface area contributed by atoms with Gasteiger partial charge in [-0.2, -0.15) is 0 Å². The lowest BCUT2D eigenvalue weighted by atomic mass is 10.1. The zero-order valence-electron chi connectivity index (χ0n) is 13.0. The molecule has 1 aromatic carbocycles. The summed E-state index contributed by atoms with van der Waals surface area (Å²) < 4.78 is 4.78. The molecule has 3 aromatic rings. The van der Waals surface area contributed by atoms with Gasteiger partial charge in [0.05, 0.1) is 18.7 Å². The van der Waals surface area contributed by atoms with E-state index < -0.39 is 6.10 Å². The van der Waals surface area contributed by atoms with Gasteiger partial charge in [0.25, 0.3) is 0 Å². The molecule has 0 saturated carbocycles. The molecule has 3 rings (SSSR count). The van der Waals surface area contributed by atoms with Crippen molar-refractivity contribution in [2.24, 2.45) is 0 Å². The van der Waals surface area contributed by atoms with Gasteiger partial charge in [0.15, 0.2) is 0 Å². The number of hydrogen-bond acceptors (Lipinski definition) is 5. The number of carbonyl (C=O) groups excluding carboxylic acids is 1. The van der Waals surface area contributed by atoms with Gasteiger partial charge in [-0.15, -0.1) is 11.3 Å². The highest BCUT2D eigenvalue weighted by atomic mass is 32.1. The van der Waals surface area contributed by atoms with Gasteiger partial charge in [0.2, 0.25) is 5.91 Å². The van der Waals surface area contributed by atoms with Crippen molar-refractivity contribution in [1.82, 2.24) is 10.1 Å². The third kappa shape index (κ3) is 4.31. The summed E-state index contributed by atoms with van der Waals surface area (Å²) in [4.78, 5) is 15.2. The van der Waals surface area contributed by atoms with Gasteiger partial charge < -0.3 is 14.5 Å². The number of aliphatic hydroxyl groups excluding tert-OH is 1. The maximum Gasteiger partial charge on any atom is 0.229 e. The van der Waals surface area contributed by atoms with Crippen LogP contribution in [-0.2, 0) is 17.8 Å². The fourth-order valence-corrected chi connectivity index (χ4v) is 3.14. The predicted octanol–water partition coefficient (Wildman–Crippen LogP) is 3.04. The lowest BCUT2D eigenvalue weighted by molar-refractivity contribution is -0.132. The van der Waals surface area contributed by atoms with Crippen LogP contribution in [0.2, 0.25) is 0 Å². The van der Waals surface area contributed by atoms with E-state index in [2.05, 4.69) is 5.16 Å². The van der Waals surface area contributed by atoms with Crippen LogP contribution in [0.1, 0.15) is 22.2 Å². The van der Waals surface area contributed by atoms with Gasteiger partial charge >= 0.3 is 0 Å². The maximum absolute atomic E-state index is 12.7. The van der Waals surface area contributed by atoms with Gasteiger partial charge in [-0.3, -0.25) is 4.79 Å². The van der Waals surface area contributed by atoms with E-state index in [1.54, 1.807) is 11.0 Å². The normalized spacial score (nSPS) is 12.0. The lowest BCUT2D eigenvalue weighted by Gasteiger charge is -2.25. The molecule has 0 spiro atoms. The van der Waals surface area contributed by atoms with Crippen LogP contribution in [0.3, 0.4) is 0 Å². The minimum absolute atomic E-state index is 0.0941. The highest BCUT2D eigenvalue weighted by molar-refractivity contribution is 7.10. The molecule has 2 aromatic heterocycles. The number of aliphatic hydroxyl groups is 1. The molecule has 2 heterocycles. The number of carbonyl (C=O) groups is 1. The van der Waals surface area contributed by atoms with Crippen LogP contribution in [0.15, 0.2) is 64.7 Å². The Morgan fingerprint density at radius 1 is 1.21 bits per heavy atom. The third-order valence-corrected chi connectivity index (χ3v) is 4.63. The summed E-state index contributed by atoms with van der Waals surface area (Å²) in [6.45, 7) is 0.687. The second-order valence-electron chi connectivity index (χ2n) is 5.46. The van der Waals surface area contributed by atoms with Crippen LogP contribution in [0.4, 0.5) is 0 Å². The molecule has 0 aliphatic heterocycles. The number of hydrogen-bond donors (Lipinski definition) is 1.